The molecule has 0 saturated carbocycles. The van der Waals surface area contributed by atoms with E-state index in [2.05, 4.69) is 5.32 Å². The molecule has 0 bridgehead atoms. The van der Waals surface area contributed by atoms with Gasteiger partial charge in [-0.15, -0.1) is 11.3 Å². The second-order valence-electron chi connectivity index (χ2n) is 6.01. The number of rotatable bonds is 5. The molecule has 1 aliphatic carbocycles. The third-order valence-electron chi connectivity index (χ3n) is 4.18. The lowest BCUT2D eigenvalue weighted by molar-refractivity contribution is -0.111. The van der Waals surface area contributed by atoms with Crippen molar-refractivity contribution in [2.45, 2.75) is 32.6 Å². The van der Waals surface area contributed by atoms with E-state index in [1.807, 2.05) is 0 Å². The molecule has 1 aromatic heterocycles. The first-order valence-electron chi connectivity index (χ1n) is 8.64. The molecule has 1 aromatic carbocycles. The summed E-state index contributed by atoms with van der Waals surface area (Å²) in [5.74, 6) is -1.04. The molecule has 0 radical (unpaired) electrons. The zero-order chi connectivity index (χ0) is 18.5. The molecular formula is C20H20FNO3S. The fourth-order valence-electron chi connectivity index (χ4n) is 2.97. The van der Waals surface area contributed by atoms with E-state index in [0.29, 0.717) is 17.2 Å². The van der Waals surface area contributed by atoms with Crippen LogP contribution in [0.3, 0.4) is 0 Å². The molecule has 26 heavy (non-hydrogen) atoms. The number of carbonyl (C=O) groups excluding carboxylic acids is 2. The maximum Gasteiger partial charge on any atom is 0.341 e. The summed E-state index contributed by atoms with van der Waals surface area (Å²) in [6.45, 7) is 2.06. The molecule has 0 fully saturated rings. The highest BCUT2D eigenvalue weighted by Crippen LogP contribution is 2.38. The van der Waals surface area contributed by atoms with Crippen LogP contribution in [0.15, 0.2) is 30.3 Å². The monoisotopic (exact) mass is 373 g/mol. The van der Waals surface area contributed by atoms with Gasteiger partial charge < -0.3 is 10.1 Å². The van der Waals surface area contributed by atoms with Gasteiger partial charge in [-0.1, -0.05) is 12.1 Å². The topological polar surface area (TPSA) is 55.4 Å². The Morgan fingerprint density at radius 3 is 2.69 bits per heavy atom. The zero-order valence-corrected chi connectivity index (χ0v) is 15.3. The van der Waals surface area contributed by atoms with Crippen molar-refractivity contribution in [2.75, 3.05) is 11.9 Å². The van der Waals surface area contributed by atoms with Crippen molar-refractivity contribution in [3.63, 3.8) is 0 Å². The molecule has 0 spiro atoms. The third-order valence-corrected chi connectivity index (χ3v) is 5.39. The number of benzene rings is 1. The molecular weight excluding hydrogens is 353 g/mol. The second kappa shape index (κ2) is 8.27. The van der Waals surface area contributed by atoms with Gasteiger partial charge in [-0.25, -0.2) is 9.18 Å². The molecule has 136 valence electrons. The number of fused-ring (bicyclic) bond motifs is 1. The Bertz CT molecular complexity index is 839. The Kier molecular flexibility index (Phi) is 5.83. The first kappa shape index (κ1) is 18.3. The van der Waals surface area contributed by atoms with Crippen LogP contribution in [-0.2, 0) is 22.4 Å². The summed E-state index contributed by atoms with van der Waals surface area (Å²) in [5, 5.41) is 3.35. The van der Waals surface area contributed by atoms with Crippen LogP contribution in [0.5, 0.6) is 0 Å². The van der Waals surface area contributed by atoms with E-state index < -0.39 is 0 Å². The van der Waals surface area contributed by atoms with Gasteiger partial charge in [0, 0.05) is 11.0 Å². The minimum atomic E-state index is -0.385. The normalized spacial score (nSPS) is 13.5. The van der Waals surface area contributed by atoms with E-state index in [-0.39, 0.29) is 17.7 Å². The van der Waals surface area contributed by atoms with Crippen molar-refractivity contribution < 1.29 is 18.7 Å². The number of hydrogen-bond donors (Lipinski definition) is 1. The van der Waals surface area contributed by atoms with Gasteiger partial charge >= 0.3 is 5.97 Å². The number of anilines is 1. The lowest BCUT2D eigenvalue weighted by atomic mass is 9.95. The van der Waals surface area contributed by atoms with E-state index in [0.717, 1.165) is 41.7 Å². The van der Waals surface area contributed by atoms with Crippen LogP contribution in [0.1, 0.15) is 46.1 Å². The number of halogens is 1. The van der Waals surface area contributed by atoms with Crippen LogP contribution in [-0.4, -0.2) is 18.5 Å². The molecule has 3 rings (SSSR count). The average Bonchev–Trinajstić information content (AvgIpc) is 2.99. The number of ether oxygens (including phenoxy) is 1. The van der Waals surface area contributed by atoms with E-state index in [1.165, 1.54) is 29.5 Å². The minimum Gasteiger partial charge on any atom is -0.462 e. The molecule has 1 aliphatic rings. The van der Waals surface area contributed by atoms with Crippen molar-refractivity contribution in [3.05, 3.63) is 57.7 Å². The van der Waals surface area contributed by atoms with E-state index in [4.69, 9.17) is 4.74 Å². The van der Waals surface area contributed by atoms with Crippen LogP contribution >= 0.6 is 11.3 Å². The smallest absolute Gasteiger partial charge is 0.341 e. The Hall–Kier alpha value is -2.47. The number of hydrogen-bond acceptors (Lipinski definition) is 4. The molecule has 0 atom stereocenters. The lowest BCUT2D eigenvalue weighted by Gasteiger charge is -2.12. The van der Waals surface area contributed by atoms with E-state index >= 15 is 0 Å². The highest BCUT2D eigenvalue weighted by Gasteiger charge is 2.26. The predicted octanol–water partition coefficient (Wildman–Crippen LogP) is 4.59. The molecule has 0 saturated heterocycles. The van der Waals surface area contributed by atoms with Crippen molar-refractivity contribution in [3.8, 4) is 0 Å². The summed E-state index contributed by atoms with van der Waals surface area (Å²) in [6.07, 6.45) is 6.86. The number of aryl methyl sites for hydroxylation is 1. The second-order valence-corrected chi connectivity index (χ2v) is 7.11. The molecule has 2 aromatic rings. The molecule has 1 heterocycles. The van der Waals surface area contributed by atoms with E-state index in [9.17, 15) is 14.0 Å². The van der Waals surface area contributed by atoms with Crippen molar-refractivity contribution in [2.24, 2.45) is 0 Å². The van der Waals surface area contributed by atoms with Crippen molar-refractivity contribution >= 4 is 34.3 Å². The number of nitrogens with one attached hydrogen (secondary N) is 1. The number of esters is 1. The van der Waals surface area contributed by atoms with Crippen molar-refractivity contribution in [1.29, 1.82) is 0 Å². The van der Waals surface area contributed by atoms with Crippen molar-refractivity contribution in [1.82, 2.24) is 0 Å². The fraction of sp³-hybridized carbons (Fsp3) is 0.300. The standard InChI is InChI=1S/C20H20FNO3S/c1-2-25-20(24)18-15-5-3-4-6-16(15)26-19(18)22-17(23)12-9-13-7-10-14(21)11-8-13/h7-12H,2-6H2,1H3,(H,22,23). The fourth-order valence-corrected chi connectivity index (χ4v) is 4.25. The van der Waals surface area contributed by atoms with Gasteiger partial charge in [-0.05, 0) is 61.9 Å². The Morgan fingerprint density at radius 1 is 1.23 bits per heavy atom. The lowest BCUT2D eigenvalue weighted by Crippen LogP contribution is -2.14. The zero-order valence-electron chi connectivity index (χ0n) is 14.5. The molecule has 1 amide bonds. The van der Waals surface area contributed by atoms with Crippen LogP contribution in [0.2, 0.25) is 0 Å². The molecule has 0 unspecified atom stereocenters. The number of amides is 1. The summed E-state index contributed by atoms with van der Waals surface area (Å²) in [5.41, 5.74) is 2.23. The first-order chi connectivity index (χ1) is 12.6. The minimum absolute atomic E-state index is 0.293. The SMILES string of the molecule is CCOC(=O)c1c(NC(=O)C=Cc2ccc(F)cc2)sc2c1CCCC2. The quantitative estimate of drug-likeness (QED) is 0.616. The molecule has 0 aliphatic heterocycles. The highest BCUT2D eigenvalue weighted by atomic mass is 32.1. The Morgan fingerprint density at radius 2 is 1.96 bits per heavy atom. The number of thiophene rings is 1. The van der Waals surface area contributed by atoms with Gasteiger partial charge in [0.05, 0.1) is 12.2 Å². The van der Waals surface area contributed by atoms with E-state index in [1.54, 1.807) is 25.1 Å². The highest BCUT2D eigenvalue weighted by molar-refractivity contribution is 7.17. The van der Waals surface area contributed by atoms with Crippen LogP contribution in [0, 0.1) is 5.82 Å². The first-order valence-corrected chi connectivity index (χ1v) is 9.46. The molecule has 4 nitrogen and oxygen atoms in total. The Balaban J connectivity index is 1.80. The number of carbonyl (C=O) groups is 2. The predicted molar refractivity (Wildman–Crippen MR) is 101 cm³/mol. The van der Waals surface area contributed by atoms with Crippen LogP contribution in [0.4, 0.5) is 9.39 Å². The Labute approximate surface area is 155 Å². The largest absolute Gasteiger partial charge is 0.462 e. The van der Waals surface area contributed by atoms with Crippen LogP contribution < -0.4 is 5.32 Å². The maximum atomic E-state index is 12.9. The van der Waals surface area contributed by atoms with Gasteiger partial charge in [0.25, 0.3) is 0 Å². The summed E-state index contributed by atoms with van der Waals surface area (Å²) >= 11 is 1.45. The summed E-state index contributed by atoms with van der Waals surface area (Å²) < 4.78 is 18.1. The van der Waals surface area contributed by atoms with Crippen LogP contribution in [0.25, 0.3) is 6.08 Å². The summed E-state index contributed by atoms with van der Waals surface area (Å²) in [4.78, 5) is 25.8. The van der Waals surface area contributed by atoms with Gasteiger partial charge in [0.1, 0.15) is 10.8 Å². The average molecular weight is 373 g/mol. The third kappa shape index (κ3) is 4.19. The molecule has 1 N–H and O–H groups in total. The molecule has 6 heteroatoms. The van der Waals surface area contributed by atoms with Gasteiger partial charge in [-0.3, -0.25) is 4.79 Å². The van der Waals surface area contributed by atoms with Gasteiger partial charge in [-0.2, -0.15) is 0 Å². The van der Waals surface area contributed by atoms with Gasteiger partial charge in [0.2, 0.25) is 5.91 Å². The van der Waals surface area contributed by atoms with Gasteiger partial charge in [0.15, 0.2) is 0 Å². The maximum absolute atomic E-state index is 12.9. The summed E-state index contributed by atoms with van der Waals surface area (Å²) in [6, 6.07) is 5.85. The summed E-state index contributed by atoms with van der Waals surface area (Å²) in [7, 11) is 0.